The maximum atomic E-state index is 9.10. The van der Waals surface area contributed by atoms with Gasteiger partial charge in [-0.25, -0.2) is 0 Å². The molecule has 78 valence electrons. The molecule has 5 nitrogen and oxygen atoms in total. The van der Waals surface area contributed by atoms with Crippen LogP contribution < -0.4 is 10.6 Å². The van der Waals surface area contributed by atoms with E-state index in [1.165, 1.54) is 0 Å². The summed E-state index contributed by atoms with van der Waals surface area (Å²) in [7, 11) is 1.81. The molecule has 1 heterocycles. The fourth-order valence-corrected chi connectivity index (χ4v) is 0.974. The second kappa shape index (κ2) is 5.41. The van der Waals surface area contributed by atoms with Gasteiger partial charge in [0.2, 0.25) is 0 Å². The number of anilines is 2. The van der Waals surface area contributed by atoms with Gasteiger partial charge >= 0.3 is 0 Å². The standard InChI is InChI=1S/C9H15N3O2/c1-10-7-2-8(4-11-3-7)12-5-9(14)6-13/h2-4,9-10,12-14H,5-6H2,1H3. The van der Waals surface area contributed by atoms with E-state index in [1.54, 1.807) is 12.4 Å². The molecule has 1 atom stereocenters. The average molecular weight is 197 g/mol. The van der Waals surface area contributed by atoms with Crippen molar-refractivity contribution in [1.82, 2.24) is 4.98 Å². The Balaban J connectivity index is 2.50. The molecule has 0 saturated heterocycles. The first-order chi connectivity index (χ1) is 6.76. The van der Waals surface area contributed by atoms with E-state index in [-0.39, 0.29) is 6.61 Å². The Hall–Kier alpha value is -1.33. The predicted molar refractivity (Wildman–Crippen MR) is 55.4 cm³/mol. The van der Waals surface area contributed by atoms with Crippen LogP contribution in [0.2, 0.25) is 0 Å². The number of rotatable bonds is 5. The Labute approximate surface area is 82.8 Å². The lowest BCUT2D eigenvalue weighted by Crippen LogP contribution is -2.22. The highest BCUT2D eigenvalue weighted by atomic mass is 16.3. The molecule has 1 rings (SSSR count). The van der Waals surface area contributed by atoms with Crippen molar-refractivity contribution in [3.05, 3.63) is 18.5 Å². The van der Waals surface area contributed by atoms with Gasteiger partial charge < -0.3 is 20.8 Å². The van der Waals surface area contributed by atoms with Crippen molar-refractivity contribution in [2.75, 3.05) is 30.8 Å². The van der Waals surface area contributed by atoms with Crippen molar-refractivity contribution in [3.8, 4) is 0 Å². The summed E-state index contributed by atoms with van der Waals surface area (Å²) in [5.41, 5.74) is 1.71. The highest BCUT2D eigenvalue weighted by Crippen LogP contribution is 2.11. The molecule has 5 heteroatoms. The summed E-state index contributed by atoms with van der Waals surface area (Å²) in [5.74, 6) is 0. The monoisotopic (exact) mass is 197 g/mol. The molecule has 0 aromatic carbocycles. The predicted octanol–water partition coefficient (Wildman–Crippen LogP) is -0.112. The van der Waals surface area contributed by atoms with Crippen LogP contribution in [0.4, 0.5) is 11.4 Å². The zero-order valence-corrected chi connectivity index (χ0v) is 8.07. The van der Waals surface area contributed by atoms with Crippen LogP contribution in [0.15, 0.2) is 18.5 Å². The van der Waals surface area contributed by atoms with Crippen LogP contribution in [-0.4, -0.2) is 41.5 Å². The smallest absolute Gasteiger partial charge is 0.0942 e. The van der Waals surface area contributed by atoms with Crippen molar-refractivity contribution in [2.24, 2.45) is 0 Å². The van der Waals surface area contributed by atoms with E-state index < -0.39 is 6.10 Å². The lowest BCUT2D eigenvalue weighted by Gasteiger charge is -2.10. The van der Waals surface area contributed by atoms with Crippen LogP contribution in [-0.2, 0) is 0 Å². The number of hydrogen-bond donors (Lipinski definition) is 4. The van der Waals surface area contributed by atoms with Gasteiger partial charge in [-0.1, -0.05) is 0 Å². The number of pyridine rings is 1. The second-order valence-electron chi connectivity index (χ2n) is 2.93. The molecule has 0 radical (unpaired) electrons. The lowest BCUT2D eigenvalue weighted by molar-refractivity contribution is 0.105. The minimum absolute atomic E-state index is 0.244. The fourth-order valence-electron chi connectivity index (χ4n) is 0.974. The third kappa shape index (κ3) is 3.20. The van der Waals surface area contributed by atoms with Gasteiger partial charge in [0.05, 0.1) is 36.5 Å². The van der Waals surface area contributed by atoms with Gasteiger partial charge in [0, 0.05) is 13.6 Å². The van der Waals surface area contributed by atoms with Crippen LogP contribution in [0.3, 0.4) is 0 Å². The molecule has 4 N–H and O–H groups in total. The number of nitrogens with one attached hydrogen (secondary N) is 2. The molecule has 1 aromatic rings. The van der Waals surface area contributed by atoms with Crippen LogP contribution in [0, 0.1) is 0 Å². The van der Waals surface area contributed by atoms with Gasteiger partial charge in [0.25, 0.3) is 0 Å². The van der Waals surface area contributed by atoms with Gasteiger partial charge in [-0.15, -0.1) is 0 Å². The summed E-state index contributed by atoms with van der Waals surface area (Å²) >= 11 is 0. The van der Waals surface area contributed by atoms with E-state index in [0.29, 0.717) is 6.54 Å². The van der Waals surface area contributed by atoms with Gasteiger partial charge in [0.1, 0.15) is 0 Å². The maximum absolute atomic E-state index is 9.10. The molecule has 0 fully saturated rings. The zero-order chi connectivity index (χ0) is 10.4. The number of aliphatic hydroxyl groups is 2. The normalized spacial score (nSPS) is 12.2. The highest BCUT2D eigenvalue weighted by Gasteiger charge is 2.01. The van der Waals surface area contributed by atoms with Crippen LogP contribution in [0.5, 0.6) is 0 Å². The second-order valence-corrected chi connectivity index (χ2v) is 2.93. The van der Waals surface area contributed by atoms with Crippen LogP contribution in [0.25, 0.3) is 0 Å². The summed E-state index contributed by atoms with van der Waals surface area (Å²) < 4.78 is 0. The summed E-state index contributed by atoms with van der Waals surface area (Å²) in [6.45, 7) is 0.0670. The van der Waals surface area contributed by atoms with Gasteiger partial charge in [-0.05, 0) is 6.07 Å². The molecule has 0 saturated carbocycles. The molecule has 0 aliphatic carbocycles. The third-order valence-electron chi connectivity index (χ3n) is 1.78. The van der Waals surface area contributed by atoms with Gasteiger partial charge in [0.15, 0.2) is 0 Å². The summed E-state index contributed by atoms with van der Waals surface area (Å²) in [6.07, 6.45) is 2.62. The molecule has 0 aliphatic heterocycles. The highest BCUT2D eigenvalue weighted by molar-refractivity contribution is 5.53. The lowest BCUT2D eigenvalue weighted by atomic mass is 10.3. The minimum atomic E-state index is -0.742. The van der Waals surface area contributed by atoms with Crippen LogP contribution >= 0.6 is 0 Å². The van der Waals surface area contributed by atoms with E-state index >= 15 is 0 Å². The Bertz CT molecular complexity index is 281. The number of aliphatic hydroxyl groups excluding tert-OH is 2. The van der Waals surface area contributed by atoms with Gasteiger partial charge in [-0.2, -0.15) is 0 Å². The van der Waals surface area contributed by atoms with Crippen molar-refractivity contribution < 1.29 is 10.2 Å². The van der Waals surface area contributed by atoms with Crippen molar-refractivity contribution in [3.63, 3.8) is 0 Å². The summed E-state index contributed by atoms with van der Waals surface area (Å²) in [6, 6.07) is 1.87. The maximum Gasteiger partial charge on any atom is 0.0942 e. The fraction of sp³-hybridized carbons (Fsp3) is 0.444. The molecular formula is C9H15N3O2. The van der Waals surface area contributed by atoms with Crippen molar-refractivity contribution >= 4 is 11.4 Å². The molecule has 0 amide bonds. The molecule has 1 unspecified atom stereocenters. The van der Waals surface area contributed by atoms with Gasteiger partial charge in [-0.3, -0.25) is 4.98 Å². The number of aromatic nitrogens is 1. The van der Waals surface area contributed by atoms with E-state index in [1.807, 2.05) is 13.1 Å². The summed E-state index contributed by atoms with van der Waals surface area (Å²) in [4.78, 5) is 3.99. The molecule has 0 aliphatic rings. The SMILES string of the molecule is CNc1cncc(NCC(O)CO)c1. The number of nitrogens with zero attached hydrogens (tertiary/aromatic N) is 1. The largest absolute Gasteiger partial charge is 0.394 e. The minimum Gasteiger partial charge on any atom is -0.394 e. The summed E-state index contributed by atoms with van der Waals surface area (Å²) in [5, 5.41) is 23.6. The third-order valence-corrected chi connectivity index (χ3v) is 1.78. The topological polar surface area (TPSA) is 77.4 Å². The first kappa shape index (κ1) is 10.7. The molecule has 0 spiro atoms. The molecule has 14 heavy (non-hydrogen) atoms. The molecule has 1 aromatic heterocycles. The molecular weight excluding hydrogens is 182 g/mol. The number of hydrogen-bond acceptors (Lipinski definition) is 5. The van der Waals surface area contributed by atoms with E-state index in [2.05, 4.69) is 15.6 Å². The Morgan fingerprint density at radius 3 is 2.79 bits per heavy atom. The zero-order valence-electron chi connectivity index (χ0n) is 8.07. The first-order valence-electron chi connectivity index (χ1n) is 4.42. The van der Waals surface area contributed by atoms with Crippen molar-refractivity contribution in [2.45, 2.75) is 6.10 Å². The first-order valence-corrected chi connectivity index (χ1v) is 4.42. The van der Waals surface area contributed by atoms with E-state index in [9.17, 15) is 0 Å². The van der Waals surface area contributed by atoms with Crippen LogP contribution in [0.1, 0.15) is 0 Å². The Morgan fingerprint density at radius 1 is 1.43 bits per heavy atom. The van der Waals surface area contributed by atoms with Crippen molar-refractivity contribution in [1.29, 1.82) is 0 Å². The Morgan fingerprint density at radius 2 is 2.14 bits per heavy atom. The Kier molecular flexibility index (Phi) is 4.15. The molecule has 0 bridgehead atoms. The average Bonchev–Trinajstić information content (AvgIpc) is 2.26. The van der Waals surface area contributed by atoms with E-state index in [0.717, 1.165) is 11.4 Å². The van der Waals surface area contributed by atoms with E-state index in [4.69, 9.17) is 10.2 Å². The quantitative estimate of drug-likeness (QED) is 0.530.